The van der Waals surface area contributed by atoms with Gasteiger partial charge in [-0.2, -0.15) is 0 Å². The van der Waals surface area contributed by atoms with Gasteiger partial charge in [-0.15, -0.1) is 0 Å². The van der Waals surface area contributed by atoms with Crippen LogP contribution in [0.3, 0.4) is 0 Å². The molecule has 0 radical (unpaired) electrons. The molecule has 3 rings (SSSR count). The summed E-state index contributed by atoms with van der Waals surface area (Å²) in [5, 5.41) is 19.8. The zero-order valence-corrected chi connectivity index (χ0v) is 13.7. The third-order valence-electron chi connectivity index (χ3n) is 3.41. The van der Waals surface area contributed by atoms with Crippen molar-refractivity contribution in [2.75, 3.05) is 0 Å². The molecular formula is C19H14BrNO2. The van der Waals surface area contributed by atoms with Gasteiger partial charge < -0.3 is 10.2 Å². The molecule has 3 aromatic carbocycles. The Hall–Kier alpha value is -2.59. The van der Waals surface area contributed by atoms with Crippen molar-refractivity contribution in [1.29, 1.82) is 0 Å². The summed E-state index contributed by atoms with van der Waals surface area (Å²) in [6.07, 6.45) is 1.53. The quantitative estimate of drug-likeness (QED) is 0.618. The normalized spacial score (nSPS) is 11.0. The van der Waals surface area contributed by atoms with E-state index in [1.54, 1.807) is 24.3 Å². The lowest BCUT2D eigenvalue weighted by Crippen LogP contribution is -1.83. The van der Waals surface area contributed by atoms with Crippen molar-refractivity contribution in [3.63, 3.8) is 0 Å². The van der Waals surface area contributed by atoms with Gasteiger partial charge in [0, 0.05) is 16.3 Å². The van der Waals surface area contributed by atoms with E-state index in [0.29, 0.717) is 11.3 Å². The van der Waals surface area contributed by atoms with Crippen molar-refractivity contribution >= 4 is 27.8 Å². The smallest absolute Gasteiger partial charge is 0.141 e. The van der Waals surface area contributed by atoms with Crippen LogP contribution in [0.4, 0.5) is 5.69 Å². The molecule has 23 heavy (non-hydrogen) atoms. The summed E-state index contributed by atoms with van der Waals surface area (Å²) in [7, 11) is 0. The topological polar surface area (TPSA) is 52.8 Å². The summed E-state index contributed by atoms with van der Waals surface area (Å²) in [4.78, 5) is 4.31. The number of rotatable bonds is 3. The second-order valence-corrected chi connectivity index (χ2v) is 5.95. The summed E-state index contributed by atoms with van der Waals surface area (Å²) < 4.78 is 0.846. The van der Waals surface area contributed by atoms with Crippen LogP contribution < -0.4 is 0 Å². The molecule has 0 heterocycles. The van der Waals surface area contributed by atoms with E-state index in [1.165, 1.54) is 6.21 Å². The highest BCUT2D eigenvalue weighted by Crippen LogP contribution is 2.32. The van der Waals surface area contributed by atoms with E-state index >= 15 is 0 Å². The highest BCUT2D eigenvalue weighted by Gasteiger charge is 2.04. The number of aliphatic imine (C=N–C) groups is 1. The number of hydrogen-bond donors (Lipinski definition) is 2. The van der Waals surface area contributed by atoms with E-state index in [-0.39, 0.29) is 11.5 Å². The van der Waals surface area contributed by atoms with E-state index in [2.05, 4.69) is 20.9 Å². The van der Waals surface area contributed by atoms with Gasteiger partial charge in [0.15, 0.2) is 0 Å². The Morgan fingerprint density at radius 3 is 2.30 bits per heavy atom. The molecule has 0 saturated carbocycles. The average molecular weight is 368 g/mol. The molecule has 2 N–H and O–H groups in total. The Morgan fingerprint density at radius 1 is 0.783 bits per heavy atom. The molecule has 3 aromatic rings. The van der Waals surface area contributed by atoms with Crippen LogP contribution in [0.1, 0.15) is 5.56 Å². The minimum absolute atomic E-state index is 0.0930. The van der Waals surface area contributed by atoms with E-state index in [4.69, 9.17) is 0 Å². The highest BCUT2D eigenvalue weighted by molar-refractivity contribution is 9.10. The SMILES string of the molecule is Oc1ccc(Br)cc1C=Nc1cc(-c2ccccc2)ccc1O. The second-order valence-electron chi connectivity index (χ2n) is 5.03. The standard InChI is InChI=1S/C19H14BrNO2/c20-16-7-9-18(22)15(10-16)12-21-17-11-14(6-8-19(17)23)13-4-2-1-3-5-13/h1-12,22-23H. The predicted octanol–water partition coefficient (Wildman–Crippen LogP) is 5.28. The number of hydrogen-bond acceptors (Lipinski definition) is 3. The van der Waals surface area contributed by atoms with E-state index in [9.17, 15) is 10.2 Å². The highest BCUT2D eigenvalue weighted by atomic mass is 79.9. The Bertz CT molecular complexity index is 860. The first-order valence-corrected chi connectivity index (χ1v) is 7.84. The zero-order chi connectivity index (χ0) is 16.2. The number of phenolic OH excluding ortho intramolecular Hbond substituents is 2. The minimum atomic E-state index is 0.0930. The van der Waals surface area contributed by atoms with Gasteiger partial charge in [0.05, 0.1) is 0 Å². The molecule has 4 heteroatoms. The predicted molar refractivity (Wildman–Crippen MR) is 96.6 cm³/mol. The Morgan fingerprint density at radius 2 is 1.52 bits per heavy atom. The molecule has 3 nitrogen and oxygen atoms in total. The van der Waals surface area contributed by atoms with Crippen LogP contribution in [0.15, 0.2) is 76.2 Å². The molecule has 0 bridgehead atoms. The summed E-state index contributed by atoms with van der Waals surface area (Å²) in [5.74, 6) is 0.228. The van der Waals surface area contributed by atoms with Gasteiger partial charge in [0.1, 0.15) is 17.2 Å². The molecule has 0 aliphatic carbocycles. The van der Waals surface area contributed by atoms with Gasteiger partial charge in [0.2, 0.25) is 0 Å². The number of phenols is 2. The monoisotopic (exact) mass is 367 g/mol. The molecule has 0 unspecified atom stereocenters. The van der Waals surface area contributed by atoms with Gasteiger partial charge in [-0.3, -0.25) is 4.99 Å². The molecule has 0 fully saturated rings. The van der Waals surface area contributed by atoms with Gasteiger partial charge in [0.25, 0.3) is 0 Å². The van der Waals surface area contributed by atoms with Crippen molar-refractivity contribution in [3.8, 4) is 22.6 Å². The van der Waals surface area contributed by atoms with Crippen molar-refractivity contribution in [2.24, 2.45) is 4.99 Å². The molecule has 0 aliphatic rings. The van der Waals surface area contributed by atoms with E-state index in [0.717, 1.165) is 15.6 Å². The molecule has 0 saturated heterocycles. The van der Waals surface area contributed by atoms with Crippen LogP contribution in [0.5, 0.6) is 11.5 Å². The summed E-state index contributed by atoms with van der Waals surface area (Å²) >= 11 is 3.36. The molecule has 114 valence electrons. The third kappa shape index (κ3) is 3.60. The molecular weight excluding hydrogens is 354 g/mol. The van der Waals surface area contributed by atoms with Gasteiger partial charge >= 0.3 is 0 Å². The summed E-state index contributed by atoms with van der Waals surface area (Å²) in [6, 6.07) is 20.3. The van der Waals surface area contributed by atoms with Crippen molar-refractivity contribution in [1.82, 2.24) is 0 Å². The van der Waals surface area contributed by atoms with Crippen molar-refractivity contribution < 1.29 is 10.2 Å². The maximum absolute atomic E-state index is 10.00. The minimum Gasteiger partial charge on any atom is -0.507 e. The molecule has 0 aliphatic heterocycles. The number of aromatic hydroxyl groups is 2. The first-order valence-electron chi connectivity index (χ1n) is 7.04. The number of halogens is 1. The molecule has 0 aromatic heterocycles. The largest absolute Gasteiger partial charge is 0.507 e. The fourth-order valence-corrected chi connectivity index (χ4v) is 2.58. The van der Waals surface area contributed by atoms with Gasteiger partial charge in [-0.1, -0.05) is 52.3 Å². The van der Waals surface area contributed by atoms with Crippen LogP contribution in [-0.4, -0.2) is 16.4 Å². The van der Waals surface area contributed by atoms with Crippen molar-refractivity contribution in [3.05, 3.63) is 76.8 Å². The molecule has 0 spiro atoms. The van der Waals surface area contributed by atoms with Gasteiger partial charge in [-0.05, 0) is 41.5 Å². The van der Waals surface area contributed by atoms with Crippen LogP contribution in [0, 0.1) is 0 Å². The van der Waals surface area contributed by atoms with Crippen LogP contribution in [-0.2, 0) is 0 Å². The first kappa shape index (κ1) is 15.3. The fourth-order valence-electron chi connectivity index (χ4n) is 2.20. The van der Waals surface area contributed by atoms with Crippen LogP contribution >= 0.6 is 15.9 Å². The number of benzene rings is 3. The van der Waals surface area contributed by atoms with E-state index in [1.807, 2.05) is 42.5 Å². The third-order valence-corrected chi connectivity index (χ3v) is 3.91. The van der Waals surface area contributed by atoms with E-state index < -0.39 is 0 Å². The fraction of sp³-hybridized carbons (Fsp3) is 0. The maximum atomic E-state index is 10.00. The number of nitrogens with zero attached hydrogens (tertiary/aromatic N) is 1. The average Bonchev–Trinajstić information content (AvgIpc) is 2.58. The maximum Gasteiger partial charge on any atom is 0.141 e. The Labute approximate surface area is 142 Å². The van der Waals surface area contributed by atoms with Gasteiger partial charge in [-0.25, -0.2) is 0 Å². The Balaban J connectivity index is 1.97. The van der Waals surface area contributed by atoms with Crippen LogP contribution in [0.25, 0.3) is 11.1 Å². The van der Waals surface area contributed by atoms with Crippen LogP contribution in [0.2, 0.25) is 0 Å². The summed E-state index contributed by atoms with van der Waals surface area (Å²) in [6.45, 7) is 0. The second kappa shape index (κ2) is 6.67. The molecule has 0 atom stereocenters. The zero-order valence-electron chi connectivity index (χ0n) is 12.1. The lowest BCUT2D eigenvalue weighted by molar-refractivity contribution is 0.474. The lowest BCUT2D eigenvalue weighted by atomic mass is 10.0. The lowest BCUT2D eigenvalue weighted by Gasteiger charge is -2.05. The summed E-state index contributed by atoms with van der Waals surface area (Å²) in [5.41, 5.74) is 3.04. The first-order chi connectivity index (χ1) is 11.1. The molecule has 0 amide bonds. The van der Waals surface area contributed by atoms with Crippen molar-refractivity contribution in [2.45, 2.75) is 0 Å². The Kier molecular flexibility index (Phi) is 4.44.